The van der Waals surface area contributed by atoms with Crippen LogP contribution in [0.2, 0.25) is 0 Å². The number of aryl methyl sites for hydroxylation is 2. The van der Waals surface area contributed by atoms with E-state index in [-0.39, 0.29) is 0 Å². The van der Waals surface area contributed by atoms with Crippen LogP contribution in [0.5, 0.6) is 0 Å². The van der Waals surface area contributed by atoms with Crippen LogP contribution in [0.3, 0.4) is 0 Å². The Labute approximate surface area is 161 Å². The standard InChI is InChI=1S/C22H18BrN3/c1-15-8-12-19(13-9-15)26-22(18-11-10-16(2)20(23)14-18)24-21(25-26)17-6-4-3-5-7-17/h3-14H,1-2H3. The lowest BCUT2D eigenvalue weighted by atomic mass is 10.1. The molecule has 0 saturated heterocycles. The smallest absolute Gasteiger partial charge is 0.182 e. The maximum atomic E-state index is 4.85. The third-order valence-corrected chi connectivity index (χ3v) is 5.20. The van der Waals surface area contributed by atoms with Gasteiger partial charge in [0, 0.05) is 15.6 Å². The Morgan fingerprint density at radius 1 is 0.808 bits per heavy atom. The minimum Gasteiger partial charge on any atom is -0.213 e. The van der Waals surface area contributed by atoms with Gasteiger partial charge in [-0.1, -0.05) is 76.1 Å². The van der Waals surface area contributed by atoms with E-state index in [1.807, 2.05) is 35.0 Å². The zero-order valence-electron chi connectivity index (χ0n) is 14.6. The predicted molar refractivity (Wildman–Crippen MR) is 109 cm³/mol. The van der Waals surface area contributed by atoms with E-state index in [0.29, 0.717) is 0 Å². The molecule has 4 heteroatoms. The van der Waals surface area contributed by atoms with Crippen LogP contribution in [0.25, 0.3) is 28.5 Å². The molecule has 1 aromatic heterocycles. The molecule has 4 rings (SSSR count). The molecule has 3 nitrogen and oxygen atoms in total. The molecular weight excluding hydrogens is 386 g/mol. The van der Waals surface area contributed by atoms with Gasteiger partial charge in [0.05, 0.1) is 5.69 Å². The largest absolute Gasteiger partial charge is 0.213 e. The van der Waals surface area contributed by atoms with E-state index in [1.165, 1.54) is 11.1 Å². The molecule has 0 saturated carbocycles. The van der Waals surface area contributed by atoms with Crippen LogP contribution in [0.15, 0.2) is 77.3 Å². The van der Waals surface area contributed by atoms with Crippen molar-refractivity contribution in [3.63, 3.8) is 0 Å². The molecule has 0 bridgehead atoms. The van der Waals surface area contributed by atoms with Crippen molar-refractivity contribution in [1.82, 2.24) is 14.8 Å². The van der Waals surface area contributed by atoms with Gasteiger partial charge >= 0.3 is 0 Å². The summed E-state index contributed by atoms with van der Waals surface area (Å²) in [7, 11) is 0. The summed E-state index contributed by atoms with van der Waals surface area (Å²) in [5.41, 5.74) is 5.44. The molecular formula is C22H18BrN3. The average molecular weight is 404 g/mol. The molecule has 0 unspecified atom stereocenters. The summed E-state index contributed by atoms with van der Waals surface area (Å²) in [5, 5.41) is 4.80. The first-order valence-electron chi connectivity index (χ1n) is 8.48. The molecule has 0 radical (unpaired) electrons. The summed E-state index contributed by atoms with van der Waals surface area (Å²) in [4.78, 5) is 4.85. The highest BCUT2D eigenvalue weighted by atomic mass is 79.9. The molecule has 0 N–H and O–H groups in total. The topological polar surface area (TPSA) is 30.7 Å². The van der Waals surface area contributed by atoms with E-state index in [1.54, 1.807) is 0 Å². The fraction of sp³-hybridized carbons (Fsp3) is 0.0909. The molecule has 4 aromatic rings. The fourth-order valence-electron chi connectivity index (χ4n) is 2.81. The second kappa shape index (κ2) is 6.89. The normalized spacial score (nSPS) is 10.9. The van der Waals surface area contributed by atoms with Crippen molar-refractivity contribution in [3.8, 4) is 28.5 Å². The summed E-state index contributed by atoms with van der Waals surface area (Å²) in [5.74, 6) is 1.55. The number of nitrogens with zero attached hydrogens (tertiary/aromatic N) is 3. The summed E-state index contributed by atoms with van der Waals surface area (Å²) in [6.45, 7) is 4.16. The minimum absolute atomic E-state index is 0.720. The van der Waals surface area contributed by atoms with Gasteiger partial charge in [0.1, 0.15) is 0 Å². The predicted octanol–water partition coefficient (Wildman–Crippen LogP) is 5.98. The van der Waals surface area contributed by atoms with Crippen molar-refractivity contribution in [2.45, 2.75) is 13.8 Å². The Morgan fingerprint density at radius 2 is 1.54 bits per heavy atom. The van der Waals surface area contributed by atoms with Gasteiger partial charge in [-0.15, -0.1) is 5.10 Å². The molecule has 3 aromatic carbocycles. The molecule has 0 amide bonds. The number of halogens is 1. The molecule has 128 valence electrons. The first kappa shape index (κ1) is 16.7. The van der Waals surface area contributed by atoms with Gasteiger partial charge in [0.15, 0.2) is 11.6 Å². The highest BCUT2D eigenvalue weighted by Gasteiger charge is 2.15. The highest BCUT2D eigenvalue weighted by molar-refractivity contribution is 9.10. The number of hydrogen-bond acceptors (Lipinski definition) is 2. The molecule has 26 heavy (non-hydrogen) atoms. The Hall–Kier alpha value is -2.72. The minimum atomic E-state index is 0.720. The monoisotopic (exact) mass is 403 g/mol. The molecule has 0 spiro atoms. The van der Waals surface area contributed by atoms with Gasteiger partial charge in [-0.05, 0) is 37.6 Å². The second-order valence-corrected chi connectivity index (χ2v) is 7.19. The van der Waals surface area contributed by atoms with Crippen LogP contribution >= 0.6 is 15.9 Å². The molecule has 0 aliphatic carbocycles. The highest BCUT2D eigenvalue weighted by Crippen LogP contribution is 2.28. The van der Waals surface area contributed by atoms with Crippen molar-refractivity contribution >= 4 is 15.9 Å². The van der Waals surface area contributed by atoms with E-state index in [2.05, 4.69) is 72.2 Å². The van der Waals surface area contributed by atoms with Gasteiger partial charge < -0.3 is 0 Å². The third-order valence-electron chi connectivity index (χ3n) is 4.35. The van der Waals surface area contributed by atoms with Crippen LogP contribution in [0.4, 0.5) is 0 Å². The number of aromatic nitrogens is 3. The Bertz CT molecular complexity index is 1050. The zero-order valence-corrected chi connectivity index (χ0v) is 16.2. The fourth-order valence-corrected chi connectivity index (χ4v) is 3.19. The molecule has 0 atom stereocenters. The first-order chi connectivity index (χ1) is 12.6. The number of rotatable bonds is 3. The maximum Gasteiger partial charge on any atom is 0.182 e. The van der Waals surface area contributed by atoms with E-state index >= 15 is 0 Å². The summed E-state index contributed by atoms with van der Waals surface area (Å²) in [6.07, 6.45) is 0. The Morgan fingerprint density at radius 3 is 2.23 bits per heavy atom. The lowest BCUT2D eigenvalue weighted by Gasteiger charge is -2.07. The van der Waals surface area contributed by atoms with Crippen LogP contribution < -0.4 is 0 Å². The van der Waals surface area contributed by atoms with Crippen molar-refractivity contribution in [3.05, 3.63) is 88.4 Å². The van der Waals surface area contributed by atoms with Crippen molar-refractivity contribution in [1.29, 1.82) is 0 Å². The van der Waals surface area contributed by atoms with Crippen LogP contribution in [0.1, 0.15) is 11.1 Å². The molecule has 0 aliphatic heterocycles. The average Bonchev–Trinajstić information content (AvgIpc) is 3.11. The molecule has 1 heterocycles. The number of hydrogen-bond donors (Lipinski definition) is 0. The SMILES string of the molecule is Cc1ccc(-n2nc(-c3ccccc3)nc2-c2ccc(C)c(Br)c2)cc1. The quantitative estimate of drug-likeness (QED) is 0.421. The van der Waals surface area contributed by atoms with Gasteiger partial charge in [-0.2, -0.15) is 0 Å². The van der Waals surface area contributed by atoms with E-state index < -0.39 is 0 Å². The summed E-state index contributed by atoms with van der Waals surface area (Å²) < 4.78 is 2.98. The van der Waals surface area contributed by atoms with Crippen molar-refractivity contribution in [2.24, 2.45) is 0 Å². The second-order valence-electron chi connectivity index (χ2n) is 6.34. The van der Waals surface area contributed by atoms with Gasteiger partial charge in [0.2, 0.25) is 0 Å². The number of benzene rings is 3. The van der Waals surface area contributed by atoms with E-state index in [4.69, 9.17) is 10.1 Å². The maximum absolute atomic E-state index is 4.85. The zero-order chi connectivity index (χ0) is 18.1. The van der Waals surface area contributed by atoms with Crippen molar-refractivity contribution < 1.29 is 0 Å². The van der Waals surface area contributed by atoms with Crippen LogP contribution in [-0.2, 0) is 0 Å². The lowest BCUT2D eigenvalue weighted by molar-refractivity contribution is 0.890. The van der Waals surface area contributed by atoms with Crippen LogP contribution in [0, 0.1) is 13.8 Å². The van der Waals surface area contributed by atoms with Gasteiger partial charge in [0.25, 0.3) is 0 Å². The van der Waals surface area contributed by atoms with Crippen LogP contribution in [-0.4, -0.2) is 14.8 Å². The molecule has 0 aliphatic rings. The summed E-state index contributed by atoms with van der Waals surface area (Å²) in [6, 6.07) is 24.7. The Kier molecular flexibility index (Phi) is 4.43. The molecule has 0 fully saturated rings. The van der Waals surface area contributed by atoms with E-state index in [9.17, 15) is 0 Å². The summed E-state index contributed by atoms with van der Waals surface area (Å²) >= 11 is 3.63. The van der Waals surface area contributed by atoms with Gasteiger partial charge in [-0.3, -0.25) is 0 Å². The van der Waals surface area contributed by atoms with E-state index in [0.717, 1.165) is 32.9 Å². The van der Waals surface area contributed by atoms with Crippen molar-refractivity contribution in [2.75, 3.05) is 0 Å². The third kappa shape index (κ3) is 3.20. The van der Waals surface area contributed by atoms with Gasteiger partial charge in [-0.25, -0.2) is 9.67 Å². The first-order valence-corrected chi connectivity index (χ1v) is 9.27. The lowest BCUT2D eigenvalue weighted by Crippen LogP contribution is -2.00. The Balaban J connectivity index is 1.91.